The van der Waals surface area contributed by atoms with Gasteiger partial charge in [0, 0.05) is 17.1 Å². The number of pyridine rings is 1. The fraction of sp³-hybridized carbons (Fsp3) is 0.167. The SMILES string of the molecule is NC(=O)C(O)C(O)c1cccc2cccnc12. The van der Waals surface area contributed by atoms with E-state index in [1.54, 1.807) is 24.4 Å². The van der Waals surface area contributed by atoms with E-state index in [2.05, 4.69) is 4.98 Å². The molecule has 0 spiro atoms. The first-order valence-corrected chi connectivity index (χ1v) is 5.10. The zero-order valence-electron chi connectivity index (χ0n) is 8.95. The Morgan fingerprint density at radius 1 is 1.24 bits per heavy atom. The van der Waals surface area contributed by atoms with Crippen molar-refractivity contribution in [3.63, 3.8) is 0 Å². The lowest BCUT2D eigenvalue weighted by atomic mass is 10.0. The van der Waals surface area contributed by atoms with Crippen LogP contribution in [-0.2, 0) is 4.79 Å². The molecule has 1 aromatic carbocycles. The highest BCUT2D eigenvalue weighted by Crippen LogP contribution is 2.24. The van der Waals surface area contributed by atoms with Gasteiger partial charge in [0.25, 0.3) is 0 Å². The number of carbonyl (C=O) groups is 1. The molecule has 17 heavy (non-hydrogen) atoms. The van der Waals surface area contributed by atoms with Gasteiger partial charge in [-0.1, -0.05) is 24.3 Å². The van der Waals surface area contributed by atoms with Crippen LogP contribution in [0.15, 0.2) is 36.5 Å². The predicted molar refractivity (Wildman–Crippen MR) is 61.9 cm³/mol. The number of aromatic nitrogens is 1. The Morgan fingerprint density at radius 3 is 2.65 bits per heavy atom. The van der Waals surface area contributed by atoms with E-state index in [1.807, 2.05) is 12.1 Å². The number of aliphatic hydroxyl groups is 2. The number of fused-ring (bicyclic) bond motifs is 1. The van der Waals surface area contributed by atoms with Gasteiger partial charge in [0.05, 0.1) is 5.52 Å². The minimum Gasteiger partial charge on any atom is -0.385 e. The van der Waals surface area contributed by atoms with Crippen LogP contribution in [-0.4, -0.2) is 27.2 Å². The quantitative estimate of drug-likeness (QED) is 0.700. The molecule has 0 saturated heterocycles. The van der Waals surface area contributed by atoms with Crippen molar-refractivity contribution in [1.29, 1.82) is 0 Å². The summed E-state index contributed by atoms with van der Waals surface area (Å²) in [5.41, 5.74) is 5.88. The summed E-state index contributed by atoms with van der Waals surface area (Å²) in [5.74, 6) is -0.967. The van der Waals surface area contributed by atoms with Crippen molar-refractivity contribution in [2.24, 2.45) is 5.73 Å². The molecule has 88 valence electrons. The molecular formula is C12H12N2O3. The second-order valence-corrected chi connectivity index (χ2v) is 3.71. The third kappa shape index (κ3) is 2.11. The third-order valence-corrected chi connectivity index (χ3v) is 2.57. The number of aliphatic hydroxyl groups excluding tert-OH is 2. The lowest BCUT2D eigenvalue weighted by Crippen LogP contribution is -2.34. The van der Waals surface area contributed by atoms with Gasteiger partial charge in [-0.2, -0.15) is 0 Å². The van der Waals surface area contributed by atoms with Crippen LogP contribution in [0.5, 0.6) is 0 Å². The van der Waals surface area contributed by atoms with Gasteiger partial charge in [0.1, 0.15) is 6.10 Å². The maximum absolute atomic E-state index is 10.8. The highest BCUT2D eigenvalue weighted by molar-refractivity contribution is 5.84. The van der Waals surface area contributed by atoms with Gasteiger partial charge < -0.3 is 15.9 Å². The minimum atomic E-state index is -1.64. The number of para-hydroxylation sites is 1. The Morgan fingerprint density at radius 2 is 1.94 bits per heavy atom. The summed E-state index contributed by atoms with van der Waals surface area (Å²) in [7, 11) is 0. The van der Waals surface area contributed by atoms with E-state index in [1.165, 1.54) is 0 Å². The average molecular weight is 232 g/mol. The third-order valence-electron chi connectivity index (χ3n) is 2.57. The van der Waals surface area contributed by atoms with Crippen LogP contribution in [0.1, 0.15) is 11.7 Å². The molecule has 5 heteroatoms. The molecule has 2 rings (SSSR count). The molecule has 2 unspecified atom stereocenters. The molecule has 0 aliphatic carbocycles. The summed E-state index contributed by atoms with van der Waals surface area (Å²) in [5, 5.41) is 20.1. The molecule has 0 aliphatic heterocycles. The second kappa shape index (κ2) is 4.48. The first kappa shape index (κ1) is 11.5. The van der Waals surface area contributed by atoms with Crippen LogP contribution < -0.4 is 5.73 Å². The molecule has 0 fully saturated rings. The Labute approximate surface area is 97.5 Å². The second-order valence-electron chi connectivity index (χ2n) is 3.71. The van der Waals surface area contributed by atoms with Crippen molar-refractivity contribution in [2.45, 2.75) is 12.2 Å². The zero-order chi connectivity index (χ0) is 12.4. The Bertz CT molecular complexity index is 551. The van der Waals surface area contributed by atoms with Crippen LogP contribution in [0.3, 0.4) is 0 Å². The predicted octanol–water partition coefficient (Wildman–Crippen LogP) is 0.114. The summed E-state index contributed by atoms with van der Waals surface area (Å²) in [6.07, 6.45) is -1.43. The van der Waals surface area contributed by atoms with Crippen LogP contribution >= 0.6 is 0 Å². The molecule has 0 aliphatic rings. The number of rotatable bonds is 3. The van der Waals surface area contributed by atoms with E-state index in [9.17, 15) is 15.0 Å². The molecule has 0 bridgehead atoms. The van der Waals surface area contributed by atoms with E-state index in [0.717, 1.165) is 5.39 Å². The monoisotopic (exact) mass is 232 g/mol. The van der Waals surface area contributed by atoms with E-state index >= 15 is 0 Å². The smallest absolute Gasteiger partial charge is 0.249 e. The summed E-state index contributed by atoms with van der Waals surface area (Å²) >= 11 is 0. The van der Waals surface area contributed by atoms with E-state index in [-0.39, 0.29) is 0 Å². The molecule has 2 aromatic rings. The number of hydrogen-bond acceptors (Lipinski definition) is 4. The maximum Gasteiger partial charge on any atom is 0.249 e. The van der Waals surface area contributed by atoms with Gasteiger partial charge in [-0.3, -0.25) is 9.78 Å². The molecular weight excluding hydrogens is 220 g/mol. The van der Waals surface area contributed by atoms with Gasteiger partial charge in [0.15, 0.2) is 6.10 Å². The molecule has 0 radical (unpaired) electrons. The molecule has 0 saturated carbocycles. The standard InChI is InChI=1S/C12H12N2O3/c13-12(17)11(16)10(15)8-5-1-3-7-4-2-6-14-9(7)8/h1-6,10-11,15-16H,(H2,13,17). The summed E-state index contributed by atoms with van der Waals surface area (Å²) in [6.45, 7) is 0. The van der Waals surface area contributed by atoms with Gasteiger partial charge in [0.2, 0.25) is 5.91 Å². The lowest BCUT2D eigenvalue weighted by molar-refractivity contribution is -0.131. The first-order valence-electron chi connectivity index (χ1n) is 5.10. The van der Waals surface area contributed by atoms with Crippen molar-refractivity contribution >= 4 is 16.8 Å². The highest BCUT2D eigenvalue weighted by Gasteiger charge is 2.25. The van der Waals surface area contributed by atoms with Crippen molar-refractivity contribution in [1.82, 2.24) is 4.98 Å². The fourth-order valence-corrected chi connectivity index (χ4v) is 1.69. The van der Waals surface area contributed by atoms with Gasteiger partial charge in [-0.25, -0.2) is 0 Å². The normalized spacial score (nSPS) is 14.5. The van der Waals surface area contributed by atoms with Crippen LogP contribution in [0.2, 0.25) is 0 Å². The minimum absolute atomic E-state index is 0.384. The highest BCUT2D eigenvalue weighted by atomic mass is 16.3. The number of carbonyl (C=O) groups excluding carboxylic acids is 1. The molecule has 4 N–H and O–H groups in total. The van der Waals surface area contributed by atoms with Gasteiger partial charge >= 0.3 is 0 Å². The zero-order valence-corrected chi connectivity index (χ0v) is 8.95. The largest absolute Gasteiger partial charge is 0.385 e. The van der Waals surface area contributed by atoms with Crippen LogP contribution in [0, 0.1) is 0 Å². The van der Waals surface area contributed by atoms with Crippen molar-refractivity contribution < 1.29 is 15.0 Å². The number of amides is 1. The van der Waals surface area contributed by atoms with E-state index < -0.39 is 18.1 Å². The molecule has 2 atom stereocenters. The van der Waals surface area contributed by atoms with Crippen molar-refractivity contribution in [3.05, 3.63) is 42.1 Å². The molecule has 1 aromatic heterocycles. The Balaban J connectivity index is 2.52. The number of nitrogens with two attached hydrogens (primary N) is 1. The van der Waals surface area contributed by atoms with E-state index in [4.69, 9.17) is 5.73 Å². The van der Waals surface area contributed by atoms with Crippen LogP contribution in [0.4, 0.5) is 0 Å². The van der Waals surface area contributed by atoms with Crippen molar-refractivity contribution in [2.75, 3.05) is 0 Å². The Hall–Kier alpha value is -1.98. The van der Waals surface area contributed by atoms with Gasteiger partial charge in [-0.15, -0.1) is 0 Å². The number of benzene rings is 1. The number of nitrogens with zero attached hydrogens (tertiary/aromatic N) is 1. The number of primary amides is 1. The van der Waals surface area contributed by atoms with E-state index in [0.29, 0.717) is 11.1 Å². The Kier molecular flexibility index (Phi) is 3.03. The molecule has 1 heterocycles. The topological polar surface area (TPSA) is 96.4 Å². The van der Waals surface area contributed by atoms with Crippen LogP contribution in [0.25, 0.3) is 10.9 Å². The van der Waals surface area contributed by atoms with Gasteiger partial charge in [-0.05, 0) is 6.07 Å². The molecule has 1 amide bonds. The average Bonchev–Trinajstić information content (AvgIpc) is 2.36. The molecule has 5 nitrogen and oxygen atoms in total. The maximum atomic E-state index is 10.8. The summed E-state index contributed by atoms with van der Waals surface area (Å²) in [6, 6.07) is 8.75. The first-order chi connectivity index (χ1) is 8.11. The summed E-state index contributed by atoms with van der Waals surface area (Å²) in [4.78, 5) is 15.0. The lowest BCUT2D eigenvalue weighted by Gasteiger charge is -2.16. The van der Waals surface area contributed by atoms with Crippen molar-refractivity contribution in [3.8, 4) is 0 Å². The fourth-order valence-electron chi connectivity index (χ4n) is 1.69. The number of hydrogen-bond donors (Lipinski definition) is 3. The summed E-state index contributed by atoms with van der Waals surface area (Å²) < 4.78 is 0.